The molecule has 1 aromatic heterocycles. The van der Waals surface area contributed by atoms with E-state index >= 15 is 0 Å². The summed E-state index contributed by atoms with van der Waals surface area (Å²) >= 11 is 5.66. The van der Waals surface area contributed by atoms with E-state index < -0.39 is 23.7 Å². The van der Waals surface area contributed by atoms with E-state index in [1.807, 2.05) is 0 Å². The number of fused-ring (bicyclic) bond motifs is 1. The smallest absolute Gasteiger partial charge is 0.324 e. The van der Waals surface area contributed by atoms with E-state index in [4.69, 9.17) is 11.6 Å². The van der Waals surface area contributed by atoms with Crippen molar-refractivity contribution >= 4 is 34.1 Å². The largest absolute Gasteiger partial charge is 0.418 e. The van der Waals surface area contributed by atoms with Crippen LogP contribution in [0.5, 0.6) is 0 Å². The van der Waals surface area contributed by atoms with Gasteiger partial charge in [0.05, 0.1) is 34.7 Å². The maximum absolute atomic E-state index is 13.2. The molecule has 0 saturated heterocycles. The Kier molecular flexibility index (Phi) is 6.14. The molecule has 1 atom stereocenters. The average molecular weight is 439 g/mol. The maximum Gasteiger partial charge on any atom is 0.418 e. The Balaban J connectivity index is 1.76. The van der Waals surface area contributed by atoms with Crippen molar-refractivity contribution in [1.29, 1.82) is 0 Å². The fraction of sp³-hybridized carbons (Fsp3) is 0.250. The Bertz CT molecular complexity index is 1150. The van der Waals surface area contributed by atoms with Crippen molar-refractivity contribution in [2.24, 2.45) is 0 Å². The number of carbonyl (C=O) groups is 1. The molecule has 0 bridgehead atoms. The zero-order chi connectivity index (χ0) is 22.1. The van der Waals surface area contributed by atoms with Crippen molar-refractivity contribution in [3.63, 3.8) is 0 Å². The van der Waals surface area contributed by atoms with E-state index in [2.05, 4.69) is 15.3 Å². The van der Waals surface area contributed by atoms with Gasteiger partial charge in [0, 0.05) is 5.02 Å². The fourth-order valence-corrected chi connectivity index (χ4v) is 3.05. The molecule has 0 aliphatic carbocycles. The highest BCUT2D eigenvalue weighted by Crippen LogP contribution is 2.36. The van der Waals surface area contributed by atoms with Crippen LogP contribution in [0.3, 0.4) is 0 Å². The number of aromatic nitrogens is 2. The van der Waals surface area contributed by atoms with Gasteiger partial charge in [-0.25, -0.2) is 4.98 Å². The third kappa shape index (κ3) is 4.80. The predicted molar refractivity (Wildman–Crippen MR) is 108 cm³/mol. The number of aromatic amines is 1. The van der Waals surface area contributed by atoms with Gasteiger partial charge in [-0.1, -0.05) is 23.7 Å². The number of carbonyl (C=O) groups excluding carboxylic acids is 1. The molecule has 0 aliphatic heterocycles. The van der Waals surface area contributed by atoms with E-state index in [0.29, 0.717) is 16.7 Å². The molecule has 1 amide bonds. The molecule has 0 unspecified atom stereocenters. The minimum absolute atomic E-state index is 0.0863. The summed E-state index contributed by atoms with van der Waals surface area (Å²) in [6.07, 6.45) is -4.67. The Morgan fingerprint density at radius 2 is 1.97 bits per heavy atom. The van der Waals surface area contributed by atoms with Gasteiger partial charge in [0.25, 0.3) is 5.56 Å². The molecule has 0 fully saturated rings. The summed E-state index contributed by atoms with van der Waals surface area (Å²) in [5.74, 6) is -0.309. The van der Waals surface area contributed by atoms with Crippen LogP contribution in [0.2, 0.25) is 5.02 Å². The van der Waals surface area contributed by atoms with E-state index in [0.717, 1.165) is 12.1 Å². The number of nitrogens with one attached hydrogen (secondary N) is 2. The highest BCUT2D eigenvalue weighted by atomic mass is 35.5. The molecule has 0 radical (unpaired) electrons. The molecule has 2 aromatic carbocycles. The Morgan fingerprint density at radius 1 is 1.27 bits per heavy atom. The Labute approximate surface area is 174 Å². The van der Waals surface area contributed by atoms with Gasteiger partial charge in [-0.3, -0.25) is 14.5 Å². The number of likely N-dealkylation sites (N-methyl/N-ethyl adjacent to an activating group) is 1. The highest BCUT2D eigenvalue weighted by molar-refractivity contribution is 6.30. The number of nitrogens with zero attached hydrogens (tertiary/aromatic N) is 2. The van der Waals surface area contributed by atoms with Crippen LogP contribution in [-0.2, 0) is 17.5 Å². The number of benzene rings is 2. The van der Waals surface area contributed by atoms with E-state index in [1.165, 1.54) is 13.0 Å². The van der Waals surface area contributed by atoms with Crippen LogP contribution in [0.15, 0.2) is 47.3 Å². The molecule has 10 heteroatoms. The summed E-state index contributed by atoms with van der Waals surface area (Å²) < 4.78 is 39.7. The molecule has 0 aliphatic rings. The molecule has 30 heavy (non-hydrogen) atoms. The van der Waals surface area contributed by atoms with Crippen molar-refractivity contribution in [1.82, 2.24) is 14.9 Å². The summed E-state index contributed by atoms with van der Waals surface area (Å²) in [6.45, 7) is 1.65. The number of hydrogen-bond donors (Lipinski definition) is 2. The van der Waals surface area contributed by atoms with Crippen molar-refractivity contribution in [3.8, 4) is 0 Å². The summed E-state index contributed by atoms with van der Waals surface area (Å²) in [6, 6.07) is 9.15. The molecule has 0 spiro atoms. The lowest BCUT2D eigenvalue weighted by atomic mass is 10.1. The van der Waals surface area contributed by atoms with Crippen LogP contribution in [0.25, 0.3) is 10.9 Å². The van der Waals surface area contributed by atoms with Crippen LogP contribution < -0.4 is 10.9 Å². The van der Waals surface area contributed by atoms with Gasteiger partial charge >= 0.3 is 6.18 Å². The summed E-state index contributed by atoms with van der Waals surface area (Å²) in [7, 11) is 1.60. The zero-order valence-electron chi connectivity index (χ0n) is 16.0. The normalized spacial score (nSPS) is 12.9. The zero-order valence-corrected chi connectivity index (χ0v) is 16.8. The van der Waals surface area contributed by atoms with Crippen LogP contribution in [0.4, 0.5) is 18.9 Å². The monoisotopic (exact) mass is 438 g/mol. The topological polar surface area (TPSA) is 78.1 Å². The highest BCUT2D eigenvalue weighted by Gasteiger charge is 2.34. The minimum Gasteiger partial charge on any atom is -0.324 e. The van der Waals surface area contributed by atoms with Gasteiger partial charge < -0.3 is 10.3 Å². The van der Waals surface area contributed by atoms with E-state index in [9.17, 15) is 22.8 Å². The van der Waals surface area contributed by atoms with Gasteiger partial charge in [-0.05, 0) is 44.3 Å². The molecule has 6 nitrogen and oxygen atoms in total. The summed E-state index contributed by atoms with van der Waals surface area (Å²) in [4.78, 5) is 33.3. The van der Waals surface area contributed by atoms with Gasteiger partial charge in [-0.2, -0.15) is 13.2 Å². The molecule has 1 heterocycles. The Hall–Kier alpha value is -2.91. The van der Waals surface area contributed by atoms with Crippen molar-refractivity contribution in [2.75, 3.05) is 12.4 Å². The maximum atomic E-state index is 13.2. The second kappa shape index (κ2) is 8.45. The van der Waals surface area contributed by atoms with Crippen LogP contribution in [-0.4, -0.2) is 33.9 Å². The number of anilines is 1. The number of para-hydroxylation sites is 1. The first kappa shape index (κ1) is 21.8. The van der Waals surface area contributed by atoms with Crippen LogP contribution in [0, 0.1) is 0 Å². The third-order valence-electron chi connectivity index (χ3n) is 4.65. The standard InChI is InChI=1S/C20H18ClF3N4O2/c1-11(18(29)26-16-8-7-12(21)9-14(16)20(22,23)24)28(2)10-17-25-15-6-4-3-5-13(15)19(30)27-17/h3-9,11H,10H2,1-2H3,(H,26,29)(H,25,27,30)/t11-/m1/s1. The fourth-order valence-electron chi connectivity index (χ4n) is 2.88. The van der Waals surface area contributed by atoms with Crippen molar-refractivity contribution < 1.29 is 18.0 Å². The molecular formula is C20H18ClF3N4O2. The first-order valence-electron chi connectivity index (χ1n) is 8.92. The number of rotatable bonds is 5. The number of halogens is 4. The first-order valence-corrected chi connectivity index (χ1v) is 9.30. The predicted octanol–water partition coefficient (Wildman–Crippen LogP) is 4.05. The second-order valence-electron chi connectivity index (χ2n) is 6.80. The summed E-state index contributed by atoms with van der Waals surface area (Å²) in [5, 5.41) is 2.66. The first-order chi connectivity index (χ1) is 14.1. The van der Waals surface area contributed by atoms with Crippen molar-refractivity contribution in [3.05, 3.63) is 69.2 Å². The van der Waals surface area contributed by atoms with Gasteiger partial charge in [-0.15, -0.1) is 0 Å². The number of hydrogen-bond acceptors (Lipinski definition) is 4. The lowest BCUT2D eigenvalue weighted by Crippen LogP contribution is -2.40. The number of amides is 1. The number of alkyl halides is 3. The Morgan fingerprint density at radius 3 is 2.67 bits per heavy atom. The van der Waals surface area contributed by atoms with Gasteiger partial charge in [0.2, 0.25) is 5.91 Å². The average Bonchev–Trinajstić information content (AvgIpc) is 2.68. The quantitative estimate of drug-likeness (QED) is 0.630. The molecular weight excluding hydrogens is 421 g/mol. The van der Waals surface area contributed by atoms with Crippen molar-refractivity contribution in [2.45, 2.75) is 25.7 Å². The van der Waals surface area contributed by atoms with Gasteiger partial charge in [0.15, 0.2) is 0 Å². The van der Waals surface area contributed by atoms with E-state index in [-0.39, 0.29) is 22.8 Å². The SMILES string of the molecule is C[C@H](C(=O)Nc1ccc(Cl)cc1C(F)(F)F)N(C)Cc1nc2ccccc2c(=O)[nH]1. The molecule has 0 saturated carbocycles. The van der Waals surface area contributed by atoms with Gasteiger partial charge in [0.1, 0.15) is 5.82 Å². The molecule has 2 N–H and O–H groups in total. The lowest BCUT2D eigenvalue weighted by molar-refractivity contribution is -0.137. The molecule has 3 aromatic rings. The van der Waals surface area contributed by atoms with Crippen LogP contribution >= 0.6 is 11.6 Å². The summed E-state index contributed by atoms with van der Waals surface area (Å²) in [5.41, 5.74) is -1.21. The number of H-pyrrole nitrogens is 1. The molecule has 3 rings (SSSR count). The minimum atomic E-state index is -4.67. The second-order valence-corrected chi connectivity index (χ2v) is 7.23. The van der Waals surface area contributed by atoms with Crippen LogP contribution in [0.1, 0.15) is 18.3 Å². The third-order valence-corrected chi connectivity index (χ3v) is 4.88. The van der Waals surface area contributed by atoms with E-state index in [1.54, 1.807) is 36.2 Å². The molecule has 158 valence electrons. The lowest BCUT2D eigenvalue weighted by Gasteiger charge is -2.24.